The van der Waals surface area contributed by atoms with Crippen LogP contribution in [0.5, 0.6) is 0 Å². The summed E-state index contributed by atoms with van der Waals surface area (Å²) in [5, 5.41) is 8.35. The average molecular weight is 406 g/mol. The Balaban J connectivity index is 1.53. The zero-order chi connectivity index (χ0) is 20.8. The number of para-hydroxylation sites is 1. The number of fused-ring (bicyclic) bond motifs is 2. The summed E-state index contributed by atoms with van der Waals surface area (Å²) in [5.41, 5.74) is 5.74. The van der Waals surface area contributed by atoms with E-state index in [1.165, 1.54) is 6.07 Å². The lowest BCUT2D eigenvalue weighted by Crippen LogP contribution is -1.87. The zero-order valence-electron chi connectivity index (χ0n) is 16.2. The fraction of sp³-hybridized carbons (Fsp3) is 0. The number of H-pyrrole nitrogens is 2. The van der Waals surface area contributed by atoms with Gasteiger partial charge < -0.3 is 4.98 Å². The monoisotopic (exact) mass is 406 g/mol. The Morgan fingerprint density at radius 3 is 2.52 bits per heavy atom. The van der Waals surface area contributed by atoms with Gasteiger partial charge in [0.1, 0.15) is 11.5 Å². The van der Waals surface area contributed by atoms with E-state index in [0.29, 0.717) is 22.6 Å². The van der Waals surface area contributed by atoms with Gasteiger partial charge in [-0.15, -0.1) is 0 Å². The van der Waals surface area contributed by atoms with Crippen LogP contribution in [0.1, 0.15) is 0 Å². The van der Waals surface area contributed by atoms with Crippen LogP contribution in [0.25, 0.3) is 56.0 Å². The SMILES string of the molecule is Fc1ccccc1-c1cccc2[nH]c(-c3n[nH]c4cnc(-c5ccccn5)cc34)nc12. The third-order valence-corrected chi connectivity index (χ3v) is 5.28. The van der Waals surface area contributed by atoms with E-state index in [9.17, 15) is 4.39 Å². The quantitative estimate of drug-likeness (QED) is 0.414. The van der Waals surface area contributed by atoms with Crippen LogP contribution in [0.15, 0.2) is 79.1 Å². The van der Waals surface area contributed by atoms with Gasteiger partial charge in [-0.25, -0.2) is 9.37 Å². The minimum atomic E-state index is -0.282. The molecule has 4 heterocycles. The number of hydrogen-bond donors (Lipinski definition) is 2. The van der Waals surface area contributed by atoms with Gasteiger partial charge in [0.25, 0.3) is 0 Å². The minimum absolute atomic E-state index is 0.282. The second-order valence-electron chi connectivity index (χ2n) is 7.17. The number of imidazole rings is 1. The van der Waals surface area contributed by atoms with Crippen molar-refractivity contribution in [2.75, 3.05) is 0 Å². The largest absolute Gasteiger partial charge is 0.337 e. The van der Waals surface area contributed by atoms with Crippen molar-refractivity contribution in [1.82, 2.24) is 30.1 Å². The molecule has 6 rings (SSSR count). The fourth-order valence-electron chi connectivity index (χ4n) is 3.79. The summed E-state index contributed by atoms with van der Waals surface area (Å²) in [6.07, 6.45) is 3.48. The van der Waals surface area contributed by atoms with Gasteiger partial charge in [-0.05, 0) is 30.3 Å². The van der Waals surface area contributed by atoms with Crippen LogP contribution in [0, 0.1) is 5.82 Å². The third-order valence-electron chi connectivity index (χ3n) is 5.28. The maximum absolute atomic E-state index is 14.4. The highest BCUT2D eigenvalue weighted by Crippen LogP contribution is 2.33. The second-order valence-corrected chi connectivity index (χ2v) is 7.17. The van der Waals surface area contributed by atoms with Crippen molar-refractivity contribution >= 4 is 21.9 Å². The molecule has 0 fully saturated rings. The first-order chi connectivity index (χ1) is 15.3. The van der Waals surface area contributed by atoms with Crippen LogP contribution in [-0.4, -0.2) is 30.1 Å². The van der Waals surface area contributed by atoms with Crippen molar-refractivity contribution in [2.24, 2.45) is 0 Å². The predicted molar refractivity (Wildman–Crippen MR) is 118 cm³/mol. The lowest BCUT2D eigenvalue weighted by molar-refractivity contribution is 0.631. The smallest absolute Gasteiger partial charge is 0.159 e. The molecule has 2 N–H and O–H groups in total. The maximum Gasteiger partial charge on any atom is 0.159 e. The first kappa shape index (κ1) is 17.5. The molecule has 0 saturated carbocycles. The molecule has 0 aliphatic rings. The molecule has 148 valence electrons. The molecule has 7 heteroatoms. The molecule has 2 aromatic carbocycles. The molecule has 0 atom stereocenters. The number of aromatic amines is 2. The normalized spacial score (nSPS) is 11.4. The number of nitrogens with one attached hydrogen (secondary N) is 2. The van der Waals surface area contributed by atoms with Crippen LogP contribution >= 0.6 is 0 Å². The van der Waals surface area contributed by atoms with E-state index in [1.807, 2.05) is 48.5 Å². The Bertz CT molecular complexity index is 1550. The van der Waals surface area contributed by atoms with Gasteiger partial charge in [-0.1, -0.05) is 36.4 Å². The first-order valence-corrected chi connectivity index (χ1v) is 9.77. The molecule has 0 bridgehead atoms. The Morgan fingerprint density at radius 1 is 0.774 bits per heavy atom. The fourth-order valence-corrected chi connectivity index (χ4v) is 3.79. The van der Waals surface area contributed by atoms with E-state index >= 15 is 0 Å². The van der Waals surface area contributed by atoms with Gasteiger partial charge in [0, 0.05) is 22.7 Å². The lowest BCUT2D eigenvalue weighted by Gasteiger charge is -2.03. The molecule has 0 unspecified atom stereocenters. The minimum Gasteiger partial charge on any atom is -0.337 e. The van der Waals surface area contributed by atoms with Crippen molar-refractivity contribution in [1.29, 1.82) is 0 Å². The Labute approximate surface area is 175 Å². The number of nitrogens with zero attached hydrogens (tertiary/aromatic N) is 4. The highest BCUT2D eigenvalue weighted by Gasteiger charge is 2.17. The number of hydrogen-bond acceptors (Lipinski definition) is 4. The van der Waals surface area contributed by atoms with E-state index in [4.69, 9.17) is 4.98 Å². The van der Waals surface area contributed by atoms with Crippen molar-refractivity contribution in [3.8, 4) is 34.0 Å². The second kappa shape index (κ2) is 6.84. The maximum atomic E-state index is 14.4. The summed E-state index contributed by atoms with van der Waals surface area (Å²) in [6.45, 7) is 0. The number of benzene rings is 2. The van der Waals surface area contributed by atoms with Gasteiger partial charge in [-0.2, -0.15) is 5.10 Å². The predicted octanol–water partition coefficient (Wildman–Crippen LogP) is 5.37. The number of pyridine rings is 2. The summed E-state index contributed by atoms with van der Waals surface area (Å²) in [4.78, 5) is 17.0. The Kier molecular flexibility index (Phi) is 3.86. The topological polar surface area (TPSA) is 83.1 Å². The first-order valence-electron chi connectivity index (χ1n) is 9.77. The molecule has 0 aliphatic carbocycles. The number of rotatable bonds is 3. The van der Waals surface area contributed by atoms with Crippen molar-refractivity contribution in [2.45, 2.75) is 0 Å². The zero-order valence-corrected chi connectivity index (χ0v) is 16.2. The van der Waals surface area contributed by atoms with Crippen LogP contribution < -0.4 is 0 Å². The van der Waals surface area contributed by atoms with Crippen LogP contribution in [-0.2, 0) is 0 Å². The molecule has 6 aromatic rings. The molecule has 0 saturated heterocycles. The van der Waals surface area contributed by atoms with Crippen molar-refractivity contribution < 1.29 is 4.39 Å². The Hall–Kier alpha value is -4.39. The van der Waals surface area contributed by atoms with Gasteiger partial charge in [-0.3, -0.25) is 15.1 Å². The summed E-state index contributed by atoms with van der Waals surface area (Å²) in [7, 11) is 0. The van der Waals surface area contributed by atoms with Crippen LogP contribution in [0.2, 0.25) is 0 Å². The molecule has 0 radical (unpaired) electrons. The molecule has 6 nitrogen and oxygen atoms in total. The Morgan fingerprint density at radius 2 is 1.65 bits per heavy atom. The molecule has 31 heavy (non-hydrogen) atoms. The number of halogens is 1. The van der Waals surface area contributed by atoms with E-state index in [2.05, 4.69) is 25.1 Å². The molecule has 0 spiro atoms. The van der Waals surface area contributed by atoms with Crippen molar-refractivity contribution in [3.63, 3.8) is 0 Å². The van der Waals surface area contributed by atoms with Gasteiger partial charge >= 0.3 is 0 Å². The highest BCUT2D eigenvalue weighted by atomic mass is 19.1. The summed E-state index contributed by atoms with van der Waals surface area (Å²) >= 11 is 0. The van der Waals surface area contributed by atoms with Crippen LogP contribution in [0.3, 0.4) is 0 Å². The molecule has 0 amide bonds. The molecular formula is C24H15FN6. The summed E-state index contributed by atoms with van der Waals surface area (Å²) in [6, 6.07) is 20.0. The van der Waals surface area contributed by atoms with Crippen molar-refractivity contribution in [3.05, 3.63) is 84.9 Å². The van der Waals surface area contributed by atoms with Gasteiger partial charge in [0.2, 0.25) is 0 Å². The van der Waals surface area contributed by atoms with E-state index in [-0.39, 0.29) is 5.82 Å². The molecule has 0 aliphatic heterocycles. The summed E-state index contributed by atoms with van der Waals surface area (Å²) < 4.78 is 14.4. The third kappa shape index (κ3) is 2.86. The van der Waals surface area contributed by atoms with Gasteiger partial charge in [0.05, 0.1) is 34.1 Å². The van der Waals surface area contributed by atoms with Gasteiger partial charge in [0.15, 0.2) is 5.82 Å². The van der Waals surface area contributed by atoms with E-state index in [1.54, 1.807) is 24.5 Å². The summed E-state index contributed by atoms with van der Waals surface area (Å²) in [5.74, 6) is 0.319. The molecular weight excluding hydrogens is 391 g/mol. The van der Waals surface area contributed by atoms with Crippen LogP contribution in [0.4, 0.5) is 4.39 Å². The lowest BCUT2D eigenvalue weighted by atomic mass is 10.0. The average Bonchev–Trinajstić information content (AvgIpc) is 3.43. The number of aromatic nitrogens is 6. The standard InChI is InChI=1S/C24H15FN6/c25-17-8-2-1-6-14(17)15-7-5-10-19-22(15)29-24(28-19)23-16-12-20(18-9-3-4-11-26-18)27-13-21(16)30-31-23/h1-13H,(H,28,29)(H,30,31). The van der Waals surface area contributed by atoms with E-state index < -0.39 is 0 Å². The highest BCUT2D eigenvalue weighted by molar-refractivity contribution is 5.97. The van der Waals surface area contributed by atoms with E-state index in [0.717, 1.165) is 33.4 Å². The molecule has 4 aromatic heterocycles.